The van der Waals surface area contributed by atoms with E-state index in [0.29, 0.717) is 0 Å². The van der Waals surface area contributed by atoms with Crippen LogP contribution in [0, 0.1) is 6.92 Å². The average Bonchev–Trinajstić information content (AvgIpc) is 2.98. The second kappa shape index (κ2) is 4.25. The molecule has 16 heavy (non-hydrogen) atoms. The van der Waals surface area contributed by atoms with E-state index in [1.165, 1.54) is 0 Å². The number of nitrogens with zero attached hydrogens (tertiary/aromatic N) is 2. The molecule has 0 bridgehead atoms. The molecule has 1 saturated carbocycles. The maximum absolute atomic E-state index is 9.24. The number of aryl methyl sites for hydroxylation is 1. The molecule has 1 aliphatic carbocycles. The van der Waals surface area contributed by atoms with Crippen molar-refractivity contribution in [3.63, 3.8) is 0 Å². The van der Waals surface area contributed by atoms with E-state index < -0.39 is 0 Å². The van der Waals surface area contributed by atoms with E-state index in [0.717, 1.165) is 36.8 Å². The highest BCUT2D eigenvalue weighted by Crippen LogP contribution is 2.38. The molecule has 0 aromatic carbocycles. The van der Waals surface area contributed by atoms with Gasteiger partial charge in [-0.3, -0.25) is 0 Å². The lowest BCUT2D eigenvalue weighted by molar-refractivity contribution is 0.266. The second-order valence-electron chi connectivity index (χ2n) is 4.28. The Labute approximate surface area is 95.3 Å². The van der Waals surface area contributed by atoms with E-state index in [1.807, 2.05) is 19.9 Å². The molecule has 5 heteroatoms. The third-order valence-electron chi connectivity index (χ3n) is 2.75. The molecule has 1 heterocycles. The van der Waals surface area contributed by atoms with Gasteiger partial charge >= 0.3 is 0 Å². The quantitative estimate of drug-likeness (QED) is 0.697. The van der Waals surface area contributed by atoms with Crippen molar-refractivity contribution in [2.24, 2.45) is 0 Å². The molecular formula is C11H18N4O. The molecule has 1 aromatic rings. The molecule has 0 unspecified atom stereocenters. The second-order valence-corrected chi connectivity index (χ2v) is 4.28. The van der Waals surface area contributed by atoms with Crippen LogP contribution in [0.5, 0.6) is 0 Å². The fraction of sp³-hybridized carbons (Fsp3) is 0.636. The molecule has 1 aliphatic rings. The van der Waals surface area contributed by atoms with Crippen LogP contribution in [-0.2, 0) is 0 Å². The summed E-state index contributed by atoms with van der Waals surface area (Å²) < 4.78 is 0. The first-order chi connectivity index (χ1) is 7.67. The molecule has 88 valence electrons. The number of hydrogen-bond acceptors (Lipinski definition) is 5. The third-order valence-corrected chi connectivity index (χ3v) is 2.75. The summed E-state index contributed by atoms with van der Waals surface area (Å²) >= 11 is 0. The predicted molar refractivity (Wildman–Crippen MR) is 63.6 cm³/mol. The van der Waals surface area contributed by atoms with Crippen LogP contribution in [0.25, 0.3) is 0 Å². The molecule has 1 aromatic heterocycles. The zero-order valence-corrected chi connectivity index (χ0v) is 9.75. The van der Waals surface area contributed by atoms with E-state index >= 15 is 0 Å². The van der Waals surface area contributed by atoms with Crippen LogP contribution in [0.2, 0.25) is 0 Å². The predicted octanol–water partition coefficient (Wildman–Crippen LogP) is 1.15. The molecule has 3 N–H and O–H groups in total. The minimum Gasteiger partial charge on any atom is -0.394 e. The minimum absolute atomic E-state index is 0.135. The lowest BCUT2D eigenvalue weighted by Gasteiger charge is -2.16. The fourth-order valence-electron chi connectivity index (χ4n) is 1.65. The van der Waals surface area contributed by atoms with Gasteiger partial charge in [-0.1, -0.05) is 0 Å². The van der Waals surface area contributed by atoms with E-state index in [-0.39, 0.29) is 12.1 Å². The monoisotopic (exact) mass is 222 g/mol. The van der Waals surface area contributed by atoms with Crippen LogP contribution < -0.4 is 10.6 Å². The standard InChI is InChI=1S/C11H18N4O/c1-3-12-9-6-10(14-8(2)13-9)15-11(7-16)4-5-11/h6,16H,3-5,7H2,1-2H3,(H2,12,13,14,15). The number of anilines is 2. The van der Waals surface area contributed by atoms with Crippen molar-refractivity contribution in [2.45, 2.75) is 32.2 Å². The first-order valence-corrected chi connectivity index (χ1v) is 5.66. The van der Waals surface area contributed by atoms with Gasteiger partial charge in [0.25, 0.3) is 0 Å². The molecule has 0 aliphatic heterocycles. The number of nitrogens with one attached hydrogen (secondary N) is 2. The largest absolute Gasteiger partial charge is 0.394 e. The molecular weight excluding hydrogens is 204 g/mol. The third kappa shape index (κ3) is 2.41. The van der Waals surface area contributed by atoms with E-state index in [4.69, 9.17) is 0 Å². The van der Waals surface area contributed by atoms with Crippen molar-refractivity contribution < 1.29 is 5.11 Å². The minimum atomic E-state index is -0.135. The maximum atomic E-state index is 9.24. The number of rotatable bonds is 5. The fourth-order valence-corrected chi connectivity index (χ4v) is 1.65. The molecule has 0 saturated heterocycles. The van der Waals surface area contributed by atoms with Gasteiger partial charge in [0, 0.05) is 12.6 Å². The number of hydrogen-bond donors (Lipinski definition) is 3. The summed E-state index contributed by atoms with van der Waals surface area (Å²) in [6.45, 7) is 4.89. The van der Waals surface area contributed by atoms with Crippen molar-refractivity contribution in [1.29, 1.82) is 0 Å². The van der Waals surface area contributed by atoms with E-state index in [1.54, 1.807) is 0 Å². The summed E-state index contributed by atoms with van der Waals surface area (Å²) in [7, 11) is 0. The Morgan fingerprint density at radius 1 is 1.38 bits per heavy atom. The van der Waals surface area contributed by atoms with Gasteiger partial charge in [0.05, 0.1) is 12.1 Å². The smallest absolute Gasteiger partial charge is 0.132 e. The first-order valence-electron chi connectivity index (χ1n) is 5.66. The first kappa shape index (κ1) is 11.1. The van der Waals surface area contributed by atoms with Gasteiger partial charge in [0.15, 0.2) is 0 Å². The van der Waals surface area contributed by atoms with Crippen LogP contribution in [0.1, 0.15) is 25.6 Å². The van der Waals surface area contributed by atoms with Crippen LogP contribution in [0.4, 0.5) is 11.6 Å². The highest BCUT2D eigenvalue weighted by atomic mass is 16.3. The number of aliphatic hydroxyl groups is 1. The van der Waals surface area contributed by atoms with Crippen molar-refractivity contribution in [3.8, 4) is 0 Å². The Hall–Kier alpha value is -1.36. The van der Waals surface area contributed by atoms with Crippen LogP contribution in [0.3, 0.4) is 0 Å². The Bertz CT molecular complexity index is 376. The van der Waals surface area contributed by atoms with Crippen LogP contribution >= 0.6 is 0 Å². The topological polar surface area (TPSA) is 70.1 Å². The summed E-state index contributed by atoms with van der Waals surface area (Å²) in [5.41, 5.74) is -0.135. The Kier molecular flexibility index (Phi) is 2.96. The van der Waals surface area contributed by atoms with Crippen molar-refractivity contribution in [1.82, 2.24) is 9.97 Å². The molecule has 2 rings (SSSR count). The lowest BCUT2D eigenvalue weighted by Crippen LogP contribution is -2.26. The summed E-state index contributed by atoms with van der Waals surface area (Å²) in [4.78, 5) is 8.59. The summed E-state index contributed by atoms with van der Waals surface area (Å²) in [5.74, 6) is 2.34. The van der Waals surface area contributed by atoms with Gasteiger partial charge in [-0.25, -0.2) is 9.97 Å². The van der Waals surface area contributed by atoms with Crippen LogP contribution in [-0.4, -0.2) is 33.8 Å². The van der Waals surface area contributed by atoms with E-state index in [2.05, 4.69) is 20.6 Å². The molecule has 1 fully saturated rings. The highest BCUT2D eigenvalue weighted by Gasteiger charge is 2.42. The molecule has 0 atom stereocenters. The Balaban J connectivity index is 2.14. The number of aromatic nitrogens is 2. The molecule has 0 spiro atoms. The van der Waals surface area contributed by atoms with Gasteiger partial charge in [-0.2, -0.15) is 0 Å². The molecule has 0 radical (unpaired) electrons. The zero-order valence-electron chi connectivity index (χ0n) is 9.75. The Morgan fingerprint density at radius 3 is 2.62 bits per heavy atom. The molecule has 0 amide bonds. The van der Waals surface area contributed by atoms with Gasteiger partial charge in [-0.05, 0) is 26.7 Å². The lowest BCUT2D eigenvalue weighted by atomic mass is 10.3. The molecule has 5 nitrogen and oxygen atoms in total. The normalized spacial score (nSPS) is 16.9. The van der Waals surface area contributed by atoms with Gasteiger partial charge in [0.1, 0.15) is 17.5 Å². The van der Waals surface area contributed by atoms with Crippen molar-refractivity contribution >= 4 is 11.6 Å². The summed E-state index contributed by atoms with van der Waals surface area (Å²) in [6.07, 6.45) is 2.01. The average molecular weight is 222 g/mol. The van der Waals surface area contributed by atoms with Gasteiger partial charge < -0.3 is 15.7 Å². The Morgan fingerprint density at radius 2 is 2.06 bits per heavy atom. The van der Waals surface area contributed by atoms with E-state index in [9.17, 15) is 5.11 Å². The van der Waals surface area contributed by atoms with Gasteiger partial charge in [-0.15, -0.1) is 0 Å². The SMILES string of the molecule is CCNc1cc(NC2(CO)CC2)nc(C)n1. The maximum Gasteiger partial charge on any atom is 0.132 e. The van der Waals surface area contributed by atoms with Crippen molar-refractivity contribution in [3.05, 3.63) is 11.9 Å². The van der Waals surface area contributed by atoms with Crippen LogP contribution in [0.15, 0.2) is 6.07 Å². The highest BCUT2D eigenvalue weighted by molar-refractivity contribution is 5.50. The zero-order chi connectivity index (χ0) is 11.6. The summed E-state index contributed by atoms with van der Waals surface area (Å²) in [5, 5.41) is 15.7. The number of aliphatic hydroxyl groups excluding tert-OH is 1. The summed E-state index contributed by atoms with van der Waals surface area (Å²) in [6, 6.07) is 1.88. The van der Waals surface area contributed by atoms with Gasteiger partial charge in [0.2, 0.25) is 0 Å². The van der Waals surface area contributed by atoms with Crippen molar-refractivity contribution in [2.75, 3.05) is 23.8 Å².